The molecule has 21 heavy (non-hydrogen) atoms. The molecule has 0 radical (unpaired) electrons. The molecule has 0 atom stereocenters. The van der Waals surface area contributed by atoms with Crippen molar-refractivity contribution in [1.82, 2.24) is 9.97 Å². The molecule has 2 aromatic heterocycles. The lowest BCUT2D eigenvalue weighted by molar-refractivity contribution is 0.415. The third-order valence-corrected chi connectivity index (χ3v) is 4.15. The van der Waals surface area contributed by atoms with Crippen LogP contribution < -0.4 is 4.74 Å². The Kier molecular flexibility index (Phi) is 3.37. The molecule has 3 rings (SSSR count). The van der Waals surface area contributed by atoms with Crippen molar-refractivity contribution in [1.29, 1.82) is 5.26 Å². The van der Waals surface area contributed by atoms with E-state index in [0.29, 0.717) is 38.1 Å². The lowest BCUT2D eigenvalue weighted by atomic mass is 10.1. The van der Waals surface area contributed by atoms with E-state index >= 15 is 0 Å². The van der Waals surface area contributed by atoms with Gasteiger partial charge >= 0.3 is 0 Å². The number of thiazole rings is 1. The Labute approximate surface area is 129 Å². The number of hydrogen-bond acceptors (Lipinski definition) is 6. The summed E-state index contributed by atoms with van der Waals surface area (Å²) in [5.41, 5.74) is 1.20. The van der Waals surface area contributed by atoms with Crippen molar-refractivity contribution in [3.63, 3.8) is 0 Å². The third kappa shape index (κ3) is 2.27. The monoisotopic (exact) mass is 317 g/mol. The average molecular weight is 318 g/mol. The van der Waals surface area contributed by atoms with Crippen molar-refractivity contribution in [2.24, 2.45) is 0 Å². The molecule has 0 aliphatic heterocycles. The summed E-state index contributed by atoms with van der Waals surface area (Å²) in [6.45, 7) is 0. The molecule has 5 nitrogen and oxygen atoms in total. The molecule has 0 saturated heterocycles. The number of nitrogens with zero attached hydrogens (tertiary/aromatic N) is 3. The van der Waals surface area contributed by atoms with Gasteiger partial charge in [-0.3, -0.25) is 0 Å². The van der Waals surface area contributed by atoms with Gasteiger partial charge in [-0.15, -0.1) is 11.3 Å². The number of aromatic nitrogens is 2. The zero-order valence-corrected chi connectivity index (χ0v) is 12.4. The SMILES string of the molecule is COc1ccc2c(O)cc(-c3nc(C#N)cs3)nc2c1Cl. The first-order chi connectivity index (χ1) is 10.1. The minimum absolute atomic E-state index is 0.0493. The number of fused-ring (bicyclic) bond motifs is 1. The molecule has 3 aromatic rings. The van der Waals surface area contributed by atoms with Crippen LogP contribution in [-0.4, -0.2) is 22.2 Å². The Morgan fingerprint density at radius 3 is 2.86 bits per heavy atom. The standard InChI is InChI=1S/C14H8ClN3O2S/c1-20-11-3-2-8-10(19)4-9(18-13(8)12(11)15)14-17-7(5-16)6-21-14/h2-4,6H,1H3,(H,18,19). The van der Waals surface area contributed by atoms with Gasteiger partial charge in [-0.25, -0.2) is 9.97 Å². The van der Waals surface area contributed by atoms with E-state index in [9.17, 15) is 5.11 Å². The Morgan fingerprint density at radius 1 is 1.38 bits per heavy atom. The molecular weight excluding hydrogens is 310 g/mol. The van der Waals surface area contributed by atoms with Crippen molar-refractivity contribution in [2.45, 2.75) is 0 Å². The molecular formula is C14H8ClN3O2S. The van der Waals surface area contributed by atoms with Crippen LogP contribution in [0.2, 0.25) is 5.02 Å². The van der Waals surface area contributed by atoms with Gasteiger partial charge < -0.3 is 9.84 Å². The highest BCUT2D eigenvalue weighted by molar-refractivity contribution is 7.13. The van der Waals surface area contributed by atoms with Crippen LogP contribution in [0.3, 0.4) is 0 Å². The summed E-state index contributed by atoms with van der Waals surface area (Å²) < 4.78 is 5.15. The van der Waals surface area contributed by atoms with Gasteiger partial charge in [-0.05, 0) is 12.1 Å². The topological polar surface area (TPSA) is 79.0 Å². The molecule has 0 unspecified atom stereocenters. The summed E-state index contributed by atoms with van der Waals surface area (Å²) in [5, 5.41) is 22.0. The van der Waals surface area contributed by atoms with Crippen LogP contribution in [0.25, 0.3) is 21.6 Å². The van der Waals surface area contributed by atoms with Crippen molar-refractivity contribution in [3.8, 4) is 28.3 Å². The maximum Gasteiger partial charge on any atom is 0.152 e. The van der Waals surface area contributed by atoms with Gasteiger partial charge in [0.1, 0.15) is 33.3 Å². The van der Waals surface area contributed by atoms with Gasteiger partial charge in [-0.2, -0.15) is 5.26 Å². The Bertz CT molecular complexity index is 886. The Balaban J connectivity index is 2.26. The van der Waals surface area contributed by atoms with Crippen LogP contribution in [0.1, 0.15) is 5.69 Å². The largest absolute Gasteiger partial charge is 0.507 e. The summed E-state index contributed by atoms with van der Waals surface area (Å²) in [4.78, 5) is 8.56. The van der Waals surface area contributed by atoms with E-state index < -0.39 is 0 Å². The van der Waals surface area contributed by atoms with Crippen LogP contribution >= 0.6 is 22.9 Å². The second kappa shape index (κ2) is 5.20. The second-order valence-corrected chi connectivity index (χ2v) is 5.39. The number of aromatic hydroxyl groups is 1. The molecule has 0 spiro atoms. The van der Waals surface area contributed by atoms with Gasteiger partial charge in [0.2, 0.25) is 0 Å². The Morgan fingerprint density at radius 2 is 2.19 bits per heavy atom. The van der Waals surface area contributed by atoms with E-state index in [0.717, 1.165) is 0 Å². The number of ether oxygens (including phenoxy) is 1. The lowest BCUT2D eigenvalue weighted by Gasteiger charge is -2.08. The number of benzene rings is 1. The van der Waals surface area contributed by atoms with Crippen LogP contribution in [-0.2, 0) is 0 Å². The maximum atomic E-state index is 10.1. The molecule has 0 aliphatic rings. The molecule has 0 amide bonds. The number of nitriles is 1. The first kappa shape index (κ1) is 13.6. The van der Waals surface area contributed by atoms with Crippen LogP contribution in [0.4, 0.5) is 0 Å². The number of rotatable bonds is 2. The van der Waals surface area contributed by atoms with Crippen molar-refractivity contribution in [3.05, 3.63) is 34.3 Å². The molecule has 104 valence electrons. The van der Waals surface area contributed by atoms with E-state index in [1.54, 1.807) is 17.5 Å². The summed E-state index contributed by atoms with van der Waals surface area (Å²) in [7, 11) is 1.51. The predicted molar refractivity (Wildman–Crippen MR) is 80.8 cm³/mol. The second-order valence-electron chi connectivity index (χ2n) is 4.15. The van der Waals surface area contributed by atoms with Gasteiger partial charge in [-0.1, -0.05) is 11.6 Å². The molecule has 1 aromatic carbocycles. The van der Waals surface area contributed by atoms with E-state index in [-0.39, 0.29) is 5.75 Å². The van der Waals surface area contributed by atoms with Crippen LogP contribution in [0, 0.1) is 11.3 Å². The molecule has 2 heterocycles. The van der Waals surface area contributed by atoms with E-state index in [2.05, 4.69) is 9.97 Å². The minimum atomic E-state index is 0.0493. The summed E-state index contributed by atoms with van der Waals surface area (Å²) in [6, 6.07) is 6.83. The quantitative estimate of drug-likeness (QED) is 0.781. The summed E-state index contributed by atoms with van der Waals surface area (Å²) in [5.74, 6) is 0.526. The molecule has 7 heteroatoms. The first-order valence-electron chi connectivity index (χ1n) is 5.86. The van der Waals surface area contributed by atoms with Crippen molar-refractivity contribution in [2.75, 3.05) is 7.11 Å². The van der Waals surface area contributed by atoms with Gasteiger partial charge in [0.15, 0.2) is 5.69 Å². The van der Waals surface area contributed by atoms with Crippen molar-refractivity contribution < 1.29 is 9.84 Å². The molecule has 0 bridgehead atoms. The van der Waals surface area contributed by atoms with Crippen molar-refractivity contribution >= 4 is 33.8 Å². The lowest BCUT2D eigenvalue weighted by Crippen LogP contribution is -1.90. The highest BCUT2D eigenvalue weighted by Crippen LogP contribution is 2.37. The number of halogens is 1. The zero-order valence-electron chi connectivity index (χ0n) is 10.8. The average Bonchev–Trinajstić information content (AvgIpc) is 2.97. The number of hydrogen-bond donors (Lipinski definition) is 1. The van der Waals surface area contributed by atoms with Gasteiger partial charge in [0.05, 0.1) is 12.6 Å². The smallest absolute Gasteiger partial charge is 0.152 e. The highest BCUT2D eigenvalue weighted by atomic mass is 35.5. The maximum absolute atomic E-state index is 10.1. The van der Waals surface area contributed by atoms with E-state index in [1.807, 2.05) is 6.07 Å². The summed E-state index contributed by atoms with van der Waals surface area (Å²) >= 11 is 7.52. The minimum Gasteiger partial charge on any atom is -0.507 e. The third-order valence-electron chi connectivity index (χ3n) is 2.92. The summed E-state index contributed by atoms with van der Waals surface area (Å²) in [6.07, 6.45) is 0. The predicted octanol–water partition coefficient (Wildman–Crippen LogP) is 3.60. The molecule has 0 saturated carbocycles. The fraction of sp³-hybridized carbons (Fsp3) is 0.0714. The molecule has 1 N–H and O–H groups in total. The Hall–Kier alpha value is -2.36. The van der Waals surface area contributed by atoms with Gasteiger partial charge in [0, 0.05) is 16.8 Å². The number of methoxy groups -OCH3 is 1. The highest BCUT2D eigenvalue weighted by Gasteiger charge is 2.14. The van der Waals surface area contributed by atoms with E-state index in [1.165, 1.54) is 24.5 Å². The number of pyridine rings is 1. The van der Waals surface area contributed by atoms with Crippen LogP contribution in [0.5, 0.6) is 11.5 Å². The van der Waals surface area contributed by atoms with Gasteiger partial charge in [0.25, 0.3) is 0 Å². The fourth-order valence-electron chi connectivity index (χ4n) is 1.93. The zero-order chi connectivity index (χ0) is 15.0. The molecule has 0 aliphatic carbocycles. The van der Waals surface area contributed by atoms with Crippen LogP contribution in [0.15, 0.2) is 23.6 Å². The van der Waals surface area contributed by atoms with E-state index in [4.69, 9.17) is 21.6 Å². The first-order valence-corrected chi connectivity index (χ1v) is 7.12. The normalized spacial score (nSPS) is 10.5. The molecule has 0 fully saturated rings. The fourth-order valence-corrected chi connectivity index (χ4v) is 2.92.